The number of nitrogens with one attached hydrogen (secondary N) is 1. The quantitative estimate of drug-likeness (QED) is 0.479. The molecule has 1 N–H and O–H groups in total. The molecule has 0 radical (unpaired) electrons. The SMILES string of the molecule is CCCOC(=O)C=CNCC. The van der Waals surface area contributed by atoms with E-state index in [9.17, 15) is 4.79 Å². The maximum absolute atomic E-state index is 10.7. The van der Waals surface area contributed by atoms with Crippen molar-refractivity contribution in [3.63, 3.8) is 0 Å². The van der Waals surface area contributed by atoms with Gasteiger partial charge in [0.2, 0.25) is 0 Å². The van der Waals surface area contributed by atoms with E-state index in [1.807, 2.05) is 13.8 Å². The van der Waals surface area contributed by atoms with Gasteiger partial charge in [-0.25, -0.2) is 4.79 Å². The van der Waals surface area contributed by atoms with Crippen LogP contribution >= 0.6 is 0 Å². The van der Waals surface area contributed by atoms with E-state index < -0.39 is 0 Å². The second-order valence-corrected chi connectivity index (χ2v) is 2.06. The van der Waals surface area contributed by atoms with Gasteiger partial charge in [0.05, 0.1) is 6.61 Å². The van der Waals surface area contributed by atoms with Gasteiger partial charge in [-0.15, -0.1) is 0 Å². The lowest BCUT2D eigenvalue weighted by Gasteiger charge is -1.97. The highest BCUT2D eigenvalue weighted by atomic mass is 16.5. The van der Waals surface area contributed by atoms with E-state index in [0.29, 0.717) is 6.61 Å². The second-order valence-electron chi connectivity index (χ2n) is 2.06. The van der Waals surface area contributed by atoms with Gasteiger partial charge in [0, 0.05) is 18.8 Å². The van der Waals surface area contributed by atoms with Crippen LogP contribution in [-0.2, 0) is 9.53 Å². The average molecular weight is 157 g/mol. The second kappa shape index (κ2) is 7.12. The number of ether oxygens (including phenoxy) is 1. The fraction of sp³-hybridized carbons (Fsp3) is 0.625. The number of carbonyl (C=O) groups excluding carboxylic acids is 1. The van der Waals surface area contributed by atoms with Crippen molar-refractivity contribution in [2.24, 2.45) is 0 Å². The smallest absolute Gasteiger partial charge is 0.332 e. The van der Waals surface area contributed by atoms with Gasteiger partial charge in [-0.1, -0.05) is 6.92 Å². The van der Waals surface area contributed by atoms with Gasteiger partial charge in [-0.2, -0.15) is 0 Å². The predicted molar refractivity (Wildman–Crippen MR) is 44.1 cm³/mol. The summed E-state index contributed by atoms with van der Waals surface area (Å²) in [5, 5.41) is 2.87. The normalized spacial score (nSPS) is 10.0. The van der Waals surface area contributed by atoms with E-state index in [2.05, 4.69) is 5.32 Å². The molecule has 64 valence electrons. The van der Waals surface area contributed by atoms with Crippen LogP contribution in [0, 0.1) is 0 Å². The molecule has 0 atom stereocenters. The summed E-state index contributed by atoms with van der Waals surface area (Å²) in [5.74, 6) is -0.284. The molecule has 0 aliphatic carbocycles. The molecule has 3 heteroatoms. The molecule has 0 heterocycles. The van der Waals surface area contributed by atoms with Crippen LogP contribution in [0.4, 0.5) is 0 Å². The van der Waals surface area contributed by atoms with Gasteiger partial charge >= 0.3 is 5.97 Å². The first-order valence-electron chi connectivity index (χ1n) is 3.88. The lowest BCUT2D eigenvalue weighted by Crippen LogP contribution is -2.06. The van der Waals surface area contributed by atoms with Crippen molar-refractivity contribution in [1.29, 1.82) is 0 Å². The Morgan fingerprint density at radius 1 is 1.55 bits per heavy atom. The van der Waals surface area contributed by atoms with Crippen molar-refractivity contribution in [1.82, 2.24) is 5.32 Å². The number of rotatable bonds is 5. The van der Waals surface area contributed by atoms with Crippen LogP contribution in [0.15, 0.2) is 12.3 Å². The fourth-order valence-electron chi connectivity index (χ4n) is 0.496. The van der Waals surface area contributed by atoms with Crippen LogP contribution in [-0.4, -0.2) is 19.1 Å². The molecule has 0 amide bonds. The molecule has 0 aliphatic rings. The Labute approximate surface area is 67.4 Å². The van der Waals surface area contributed by atoms with Gasteiger partial charge in [0.1, 0.15) is 0 Å². The van der Waals surface area contributed by atoms with Crippen molar-refractivity contribution < 1.29 is 9.53 Å². The summed E-state index contributed by atoms with van der Waals surface area (Å²) in [4.78, 5) is 10.7. The highest BCUT2D eigenvalue weighted by molar-refractivity contribution is 5.81. The zero-order valence-electron chi connectivity index (χ0n) is 7.09. The molecule has 0 aromatic carbocycles. The van der Waals surface area contributed by atoms with E-state index in [-0.39, 0.29) is 5.97 Å². The summed E-state index contributed by atoms with van der Waals surface area (Å²) in [6.45, 7) is 5.23. The third kappa shape index (κ3) is 6.90. The molecule has 3 nitrogen and oxygen atoms in total. The summed E-state index contributed by atoms with van der Waals surface area (Å²) in [7, 11) is 0. The first-order valence-corrected chi connectivity index (χ1v) is 3.88. The molecule has 0 spiro atoms. The minimum absolute atomic E-state index is 0.284. The maximum Gasteiger partial charge on any atom is 0.332 e. The van der Waals surface area contributed by atoms with E-state index in [4.69, 9.17) is 4.74 Å². The molecule has 0 unspecified atom stereocenters. The Kier molecular flexibility index (Phi) is 6.48. The van der Waals surface area contributed by atoms with Crippen molar-refractivity contribution in [2.75, 3.05) is 13.2 Å². The largest absolute Gasteiger partial charge is 0.463 e. The Balaban J connectivity index is 3.35. The first kappa shape index (κ1) is 10.0. The lowest BCUT2D eigenvalue weighted by atomic mass is 10.5. The van der Waals surface area contributed by atoms with Crippen molar-refractivity contribution in [3.8, 4) is 0 Å². The summed E-state index contributed by atoms with van der Waals surface area (Å²) >= 11 is 0. The van der Waals surface area contributed by atoms with Crippen molar-refractivity contribution in [2.45, 2.75) is 20.3 Å². The number of carbonyl (C=O) groups is 1. The molecular formula is C8H15NO2. The Bertz CT molecular complexity index is 132. The molecule has 0 aromatic rings. The number of hydrogen-bond donors (Lipinski definition) is 1. The van der Waals surface area contributed by atoms with Crippen LogP contribution in [0.3, 0.4) is 0 Å². The van der Waals surface area contributed by atoms with Gasteiger partial charge in [-0.3, -0.25) is 0 Å². The molecule has 0 rings (SSSR count). The zero-order chi connectivity index (χ0) is 8.53. The maximum atomic E-state index is 10.7. The number of hydrogen-bond acceptors (Lipinski definition) is 3. The first-order chi connectivity index (χ1) is 5.31. The van der Waals surface area contributed by atoms with Crippen LogP contribution < -0.4 is 5.32 Å². The molecule has 0 saturated heterocycles. The highest BCUT2D eigenvalue weighted by Gasteiger charge is 1.92. The molecule has 0 fully saturated rings. The van der Waals surface area contributed by atoms with Gasteiger partial charge < -0.3 is 10.1 Å². The van der Waals surface area contributed by atoms with E-state index in [1.165, 1.54) is 6.08 Å². The molecule has 0 aliphatic heterocycles. The Morgan fingerprint density at radius 3 is 2.82 bits per heavy atom. The van der Waals surface area contributed by atoms with Crippen molar-refractivity contribution in [3.05, 3.63) is 12.3 Å². The monoisotopic (exact) mass is 157 g/mol. The fourth-order valence-corrected chi connectivity index (χ4v) is 0.496. The molecular weight excluding hydrogens is 142 g/mol. The Hall–Kier alpha value is -0.990. The average Bonchev–Trinajstić information content (AvgIpc) is 2.01. The van der Waals surface area contributed by atoms with Crippen LogP contribution in [0.1, 0.15) is 20.3 Å². The minimum Gasteiger partial charge on any atom is -0.463 e. The van der Waals surface area contributed by atoms with Crippen LogP contribution in [0.5, 0.6) is 0 Å². The predicted octanol–water partition coefficient (Wildman–Crippen LogP) is 1.06. The van der Waals surface area contributed by atoms with Crippen LogP contribution in [0.2, 0.25) is 0 Å². The minimum atomic E-state index is -0.284. The highest BCUT2D eigenvalue weighted by Crippen LogP contribution is 1.83. The summed E-state index contributed by atoms with van der Waals surface area (Å²) < 4.78 is 4.77. The standard InChI is InChI=1S/C8H15NO2/c1-3-7-11-8(10)5-6-9-4-2/h5-6,9H,3-4,7H2,1-2H3. The van der Waals surface area contributed by atoms with Gasteiger partial charge in [0.15, 0.2) is 0 Å². The van der Waals surface area contributed by atoms with Gasteiger partial charge in [0.25, 0.3) is 0 Å². The Morgan fingerprint density at radius 2 is 2.27 bits per heavy atom. The lowest BCUT2D eigenvalue weighted by molar-refractivity contribution is -0.137. The topological polar surface area (TPSA) is 38.3 Å². The molecule has 0 aromatic heterocycles. The molecule has 11 heavy (non-hydrogen) atoms. The molecule has 0 bridgehead atoms. The summed E-state index contributed by atoms with van der Waals surface area (Å²) in [6, 6.07) is 0. The molecule has 0 saturated carbocycles. The third-order valence-corrected chi connectivity index (χ3v) is 0.990. The number of esters is 1. The van der Waals surface area contributed by atoms with Gasteiger partial charge in [-0.05, 0) is 13.3 Å². The third-order valence-electron chi connectivity index (χ3n) is 0.990. The summed E-state index contributed by atoms with van der Waals surface area (Å²) in [6.07, 6.45) is 3.85. The summed E-state index contributed by atoms with van der Waals surface area (Å²) in [5.41, 5.74) is 0. The van der Waals surface area contributed by atoms with E-state index in [0.717, 1.165) is 13.0 Å². The van der Waals surface area contributed by atoms with Crippen molar-refractivity contribution >= 4 is 5.97 Å². The zero-order valence-corrected chi connectivity index (χ0v) is 7.09. The van der Waals surface area contributed by atoms with Crippen LogP contribution in [0.25, 0.3) is 0 Å². The van der Waals surface area contributed by atoms with E-state index in [1.54, 1.807) is 6.20 Å². The van der Waals surface area contributed by atoms with E-state index >= 15 is 0 Å².